The number of carbonyl (C=O) groups is 1. The van der Waals surface area contributed by atoms with E-state index in [0.29, 0.717) is 24.8 Å². The molecule has 0 atom stereocenters. The van der Waals surface area contributed by atoms with Crippen LogP contribution in [0.2, 0.25) is 0 Å². The predicted octanol–water partition coefficient (Wildman–Crippen LogP) is 2.09. The average Bonchev–Trinajstić information content (AvgIpc) is 3.00. The molecule has 1 aromatic carbocycles. The summed E-state index contributed by atoms with van der Waals surface area (Å²) in [7, 11) is 0. The van der Waals surface area contributed by atoms with Crippen LogP contribution in [0.15, 0.2) is 34.9 Å². The SMILES string of the molecule is Cc1cccc(CNC(=O)CN2CC=C(c3noc(C)n3)CC2)c1. The second kappa shape index (κ2) is 7.40. The summed E-state index contributed by atoms with van der Waals surface area (Å²) in [5.41, 5.74) is 3.41. The second-order valence-corrected chi connectivity index (χ2v) is 6.12. The van der Waals surface area contributed by atoms with Gasteiger partial charge in [0.1, 0.15) is 0 Å². The number of rotatable bonds is 5. The molecule has 6 heteroatoms. The lowest BCUT2D eigenvalue weighted by atomic mass is 10.1. The Bertz CT molecular complexity index is 751. The van der Waals surface area contributed by atoms with Crippen LogP contribution in [0.25, 0.3) is 5.57 Å². The number of amides is 1. The fraction of sp³-hybridized carbons (Fsp3) is 0.389. The monoisotopic (exact) mass is 326 g/mol. The van der Waals surface area contributed by atoms with Crippen LogP contribution in [0.1, 0.15) is 29.3 Å². The van der Waals surface area contributed by atoms with Gasteiger partial charge < -0.3 is 9.84 Å². The Balaban J connectivity index is 1.47. The van der Waals surface area contributed by atoms with Gasteiger partial charge in [-0.2, -0.15) is 4.98 Å². The quantitative estimate of drug-likeness (QED) is 0.911. The van der Waals surface area contributed by atoms with Gasteiger partial charge >= 0.3 is 0 Å². The van der Waals surface area contributed by atoms with Crippen LogP contribution in [0.4, 0.5) is 0 Å². The molecule has 1 aliphatic rings. The Morgan fingerprint density at radius 2 is 2.25 bits per heavy atom. The molecule has 2 aromatic rings. The zero-order valence-corrected chi connectivity index (χ0v) is 14.1. The van der Waals surface area contributed by atoms with E-state index in [4.69, 9.17) is 4.52 Å². The average molecular weight is 326 g/mol. The minimum Gasteiger partial charge on any atom is -0.351 e. The van der Waals surface area contributed by atoms with Crippen LogP contribution in [0.5, 0.6) is 0 Å². The highest BCUT2D eigenvalue weighted by molar-refractivity contribution is 5.78. The van der Waals surface area contributed by atoms with Crippen molar-refractivity contribution < 1.29 is 9.32 Å². The number of nitrogens with one attached hydrogen (secondary N) is 1. The molecule has 1 aromatic heterocycles. The van der Waals surface area contributed by atoms with Crippen LogP contribution in [0.3, 0.4) is 0 Å². The largest absolute Gasteiger partial charge is 0.351 e. The molecule has 3 rings (SSSR count). The Morgan fingerprint density at radius 1 is 1.38 bits per heavy atom. The topological polar surface area (TPSA) is 71.3 Å². The maximum absolute atomic E-state index is 12.1. The molecule has 0 saturated carbocycles. The number of carbonyl (C=O) groups excluding carboxylic acids is 1. The Morgan fingerprint density at radius 3 is 2.92 bits per heavy atom. The van der Waals surface area contributed by atoms with Gasteiger partial charge in [-0.05, 0) is 24.5 Å². The zero-order valence-electron chi connectivity index (χ0n) is 14.1. The fourth-order valence-electron chi connectivity index (χ4n) is 2.77. The number of hydrogen-bond acceptors (Lipinski definition) is 5. The van der Waals surface area contributed by atoms with Crippen molar-refractivity contribution in [2.24, 2.45) is 0 Å². The van der Waals surface area contributed by atoms with E-state index in [0.717, 1.165) is 30.6 Å². The standard InChI is InChI=1S/C18H22N4O2/c1-13-4-3-5-15(10-13)11-19-17(23)12-22-8-6-16(7-9-22)18-20-14(2)24-21-18/h3-6,10H,7-9,11-12H2,1-2H3,(H,19,23). The van der Waals surface area contributed by atoms with E-state index in [9.17, 15) is 4.79 Å². The number of benzene rings is 1. The van der Waals surface area contributed by atoms with Crippen molar-refractivity contribution in [3.63, 3.8) is 0 Å². The van der Waals surface area contributed by atoms with E-state index in [2.05, 4.69) is 32.5 Å². The van der Waals surface area contributed by atoms with E-state index in [-0.39, 0.29) is 5.91 Å². The molecule has 1 N–H and O–H groups in total. The number of aromatic nitrogens is 2. The van der Waals surface area contributed by atoms with Crippen molar-refractivity contribution in [3.8, 4) is 0 Å². The molecule has 0 aliphatic carbocycles. The summed E-state index contributed by atoms with van der Waals surface area (Å²) in [4.78, 5) is 18.5. The van der Waals surface area contributed by atoms with E-state index in [1.807, 2.05) is 25.1 Å². The summed E-state index contributed by atoms with van der Waals surface area (Å²) in [6.07, 6.45) is 2.89. The minimum absolute atomic E-state index is 0.0451. The molecule has 0 saturated heterocycles. The number of nitrogens with zero attached hydrogens (tertiary/aromatic N) is 3. The van der Waals surface area contributed by atoms with Gasteiger partial charge in [0.25, 0.3) is 0 Å². The maximum atomic E-state index is 12.1. The van der Waals surface area contributed by atoms with Gasteiger partial charge in [-0.25, -0.2) is 0 Å². The Kier molecular flexibility index (Phi) is 5.05. The van der Waals surface area contributed by atoms with Gasteiger partial charge in [-0.1, -0.05) is 41.1 Å². The Labute approximate surface area is 141 Å². The first-order valence-corrected chi connectivity index (χ1v) is 8.14. The van der Waals surface area contributed by atoms with Crippen LogP contribution in [-0.4, -0.2) is 40.6 Å². The van der Waals surface area contributed by atoms with Crippen LogP contribution >= 0.6 is 0 Å². The van der Waals surface area contributed by atoms with Crippen LogP contribution < -0.4 is 5.32 Å². The fourth-order valence-corrected chi connectivity index (χ4v) is 2.77. The Hall–Kier alpha value is -2.47. The number of aryl methyl sites for hydroxylation is 2. The molecule has 6 nitrogen and oxygen atoms in total. The predicted molar refractivity (Wildman–Crippen MR) is 91.1 cm³/mol. The molecule has 126 valence electrons. The summed E-state index contributed by atoms with van der Waals surface area (Å²) in [6.45, 7) is 6.34. The van der Waals surface area contributed by atoms with Crippen molar-refractivity contribution in [1.82, 2.24) is 20.4 Å². The molecule has 24 heavy (non-hydrogen) atoms. The van der Waals surface area contributed by atoms with Gasteiger partial charge in [0, 0.05) is 26.6 Å². The molecule has 0 unspecified atom stereocenters. The van der Waals surface area contributed by atoms with Crippen LogP contribution in [0, 0.1) is 13.8 Å². The molecule has 0 spiro atoms. The van der Waals surface area contributed by atoms with E-state index < -0.39 is 0 Å². The number of hydrogen-bond donors (Lipinski definition) is 1. The van der Waals surface area contributed by atoms with E-state index in [1.54, 1.807) is 6.92 Å². The first kappa shape index (κ1) is 16.4. The van der Waals surface area contributed by atoms with Crippen molar-refractivity contribution >= 4 is 11.5 Å². The van der Waals surface area contributed by atoms with Crippen LogP contribution in [-0.2, 0) is 11.3 Å². The third-order valence-electron chi connectivity index (χ3n) is 4.05. The van der Waals surface area contributed by atoms with E-state index >= 15 is 0 Å². The highest BCUT2D eigenvalue weighted by Crippen LogP contribution is 2.19. The summed E-state index contributed by atoms with van der Waals surface area (Å²) in [5, 5.41) is 6.92. The van der Waals surface area contributed by atoms with Gasteiger partial charge in [-0.15, -0.1) is 0 Å². The lowest BCUT2D eigenvalue weighted by Crippen LogP contribution is -2.39. The van der Waals surface area contributed by atoms with Gasteiger partial charge in [0.05, 0.1) is 6.54 Å². The lowest BCUT2D eigenvalue weighted by molar-refractivity contribution is -0.122. The molecule has 0 fully saturated rings. The summed E-state index contributed by atoms with van der Waals surface area (Å²) >= 11 is 0. The van der Waals surface area contributed by atoms with Gasteiger partial charge in [0.15, 0.2) is 5.82 Å². The first-order valence-electron chi connectivity index (χ1n) is 8.14. The molecular weight excluding hydrogens is 304 g/mol. The van der Waals surface area contributed by atoms with Gasteiger partial charge in [-0.3, -0.25) is 9.69 Å². The summed E-state index contributed by atoms with van der Waals surface area (Å²) in [6, 6.07) is 8.17. The minimum atomic E-state index is 0.0451. The van der Waals surface area contributed by atoms with Gasteiger partial charge in [0.2, 0.25) is 11.8 Å². The third kappa shape index (κ3) is 4.29. The third-order valence-corrected chi connectivity index (χ3v) is 4.05. The molecule has 1 amide bonds. The van der Waals surface area contributed by atoms with Crippen molar-refractivity contribution in [1.29, 1.82) is 0 Å². The summed E-state index contributed by atoms with van der Waals surface area (Å²) < 4.78 is 5.01. The molecule has 2 heterocycles. The smallest absolute Gasteiger partial charge is 0.234 e. The molecular formula is C18H22N4O2. The van der Waals surface area contributed by atoms with Crippen molar-refractivity contribution in [2.45, 2.75) is 26.8 Å². The zero-order chi connectivity index (χ0) is 16.9. The van der Waals surface area contributed by atoms with Crippen molar-refractivity contribution in [3.05, 3.63) is 53.2 Å². The molecule has 1 aliphatic heterocycles. The van der Waals surface area contributed by atoms with E-state index in [1.165, 1.54) is 5.56 Å². The van der Waals surface area contributed by atoms with Crippen molar-refractivity contribution in [2.75, 3.05) is 19.6 Å². The summed E-state index contributed by atoms with van der Waals surface area (Å²) in [5.74, 6) is 1.28. The normalized spacial score (nSPS) is 15.2. The highest BCUT2D eigenvalue weighted by Gasteiger charge is 2.18. The molecule has 0 bridgehead atoms. The first-order chi connectivity index (χ1) is 11.6. The second-order valence-electron chi connectivity index (χ2n) is 6.12. The highest BCUT2D eigenvalue weighted by atomic mass is 16.5. The maximum Gasteiger partial charge on any atom is 0.234 e. The lowest BCUT2D eigenvalue weighted by Gasteiger charge is -2.24. The molecule has 0 radical (unpaired) electrons.